The Bertz CT molecular complexity index is 1600. The smallest absolute Gasteiger partial charge is 0.303 e. The Morgan fingerprint density at radius 2 is 1.67 bits per heavy atom. The molecule has 5 rings (SSSR count). The Labute approximate surface area is 250 Å². The number of imide groups is 1. The van der Waals surface area contributed by atoms with Crippen molar-refractivity contribution in [2.75, 3.05) is 13.2 Å². The zero-order chi connectivity index (χ0) is 29.7. The molecule has 0 spiro atoms. The first kappa shape index (κ1) is 29.9. The molecule has 2 aliphatic heterocycles. The highest BCUT2D eigenvalue weighted by atomic mass is 32.2. The molecule has 0 aromatic heterocycles. The number of carbonyl (C=O) groups is 2. The molecular weight excluding hydrogens is 572 g/mol. The van der Waals surface area contributed by atoms with Crippen molar-refractivity contribution < 1.29 is 27.5 Å². The Balaban J connectivity index is 1.16. The first-order valence-corrected chi connectivity index (χ1v) is 16.5. The average molecular weight is 607 g/mol. The highest BCUT2D eigenvalue weighted by Crippen LogP contribution is 2.42. The Kier molecular flexibility index (Phi) is 9.35. The number of rotatable bonds is 13. The fraction of sp³-hybridized carbons (Fsp3) is 0.312. The third kappa shape index (κ3) is 6.56. The lowest BCUT2D eigenvalue weighted by atomic mass is 9.96. The summed E-state index contributed by atoms with van der Waals surface area (Å²) in [6.07, 6.45) is 4.28. The van der Waals surface area contributed by atoms with Gasteiger partial charge in [-0.1, -0.05) is 55.8 Å². The molecule has 2 N–H and O–H groups in total. The molecule has 2 aliphatic rings. The van der Waals surface area contributed by atoms with E-state index >= 15 is 0 Å². The number of hydrazine groups is 1. The van der Waals surface area contributed by atoms with Gasteiger partial charge in [0.05, 0.1) is 18.1 Å². The number of amides is 2. The highest BCUT2D eigenvalue weighted by molar-refractivity contribution is 8.14. The SMILES string of the molecule is CCCc1c(OCCCCOc2cccc(C3SC(=O)N(N)C3=O)c2)ccc2c1S(=O)(=O)C=C2CCc1ccccc1. The van der Waals surface area contributed by atoms with Crippen LogP contribution in [-0.4, -0.2) is 37.8 Å². The van der Waals surface area contributed by atoms with Crippen LogP contribution in [0.15, 0.2) is 77.0 Å². The van der Waals surface area contributed by atoms with Gasteiger partial charge in [0.25, 0.3) is 5.91 Å². The Morgan fingerprint density at radius 1 is 0.905 bits per heavy atom. The Morgan fingerprint density at radius 3 is 2.38 bits per heavy atom. The molecule has 1 saturated heterocycles. The average Bonchev–Trinajstić information content (AvgIpc) is 3.41. The summed E-state index contributed by atoms with van der Waals surface area (Å²) in [6, 6.07) is 21.0. The maximum absolute atomic E-state index is 13.2. The second-order valence-electron chi connectivity index (χ2n) is 10.3. The van der Waals surface area contributed by atoms with Crippen LogP contribution in [0, 0.1) is 0 Å². The van der Waals surface area contributed by atoms with Crippen molar-refractivity contribution in [1.29, 1.82) is 0 Å². The van der Waals surface area contributed by atoms with Gasteiger partial charge < -0.3 is 9.47 Å². The lowest BCUT2D eigenvalue weighted by Gasteiger charge is -2.16. The molecule has 2 heterocycles. The summed E-state index contributed by atoms with van der Waals surface area (Å²) in [6.45, 7) is 2.90. The second-order valence-corrected chi connectivity index (χ2v) is 13.1. The van der Waals surface area contributed by atoms with E-state index in [-0.39, 0.29) is 0 Å². The number of benzene rings is 3. The third-order valence-electron chi connectivity index (χ3n) is 7.27. The van der Waals surface area contributed by atoms with Gasteiger partial charge in [-0.15, -0.1) is 0 Å². The lowest BCUT2D eigenvalue weighted by Crippen LogP contribution is -2.35. The maximum Gasteiger partial charge on any atom is 0.303 e. The van der Waals surface area contributed by atoms with E-state index in [4.69, 9.17) is 15.3 Å². The molecule has 1 unspecified atom stereocenters. The van der Waals surface area contributed by atoms with Gasteiger partial charge in [-0.3, -0.25) is 9.59 Å². The van der Waals surface area contributed by atoms with Crippen LogP contribution in [0.25, 0.3) is 5.57 Å². The molecule has 0 aliphatic carbocycles. The van der Waals surface area contributed by atoms with E-state index in [1.165, 1.54) is 11.0 Å². The van der Waals surface area contributed by atoms with E-state index in [2.05, 4.69) is 12.1 Å². The molecule has 220 valence electrons. The summed E-state index contributed by atoms with van der Waals surface area (Å²) in [5.74, 6) is 6.28. The minimum absolute atomic E-state index is 0.395. The van der Waals surface area contributed by atoms with Crippen LogP contribution < -0.4 is 15.3 Å². The fourth-order valence-electron chi connectivity index (χ4n) is 5.22. The first-order chi connectivity index (χ1) is 20.3. The number of sulfone groups is 1. The number of aryl methyl sites for hydroxylation is 1. The summed E-state index contributed by atoms with van der Waals surface area (Å²) in [7, 11) is -3.54. The van der Waals surface area contributed by atoms with Crippen molar-refractivity contribution in [1.82, 2.24) is 5.01 Å². The summed E-state index contributed by atoms with van der Waals surface area (Å²) >= 11 is 0.889. The van der Waals surface area contributed by atoms with Crippen molar-refractivity contribution in [3.63, 3.8) is 0 Å². The van der Waals surface area contributed by atoms with E-state index in [0.717, 1.165) is 41.3 Å². The lowest BCUT2D eigenvalue weighted by molar-refractivity contribution is -0.126. The molecule has 0 bridgehead atoms. The molecule has 0 saturated carbocycles. The minimum Gasteiger partial charge on any atom is -0.494 e. The summed E-state index contributed by atoms with van der Waals surface area (Å²) in [5.41, 5.74) is 4.24. The van der Waals surface area contributed by atoms with E-state index < -0.39 is 26.2 Å². The zero-order valence-corrected chi connectivity index (χ0v) is 25.1. The molecule has 0 radical (unpaired) electrons. The predicted molar refractivity (Wildman–Crippen MR) is 164 cm³/mol. The normalized spacial score (nSPS) is 17.3. The topological polar surface area (TPSA) is 116 Å². The number of nitrogens with two attached hydrogens (primary N) is 1. The molecule has 42 heavy (non-hydrogen) atoms. The summed E-state index contributed by atoms with van der Waals surface area (Å²) in [4.78, 5) is 24.3. The number of nitrogens with zero attached hydrogens (tertiary/aromatic N) is 1. The van der Waals surface area contributed by atoms with E-state index in [1.54, 1.807) is 24.3 Å². The van der Waals surface area contributed by atoms with Crippen LogP contribution in [0.5, 0.6) is 11.5 Å². The second kappa shape index (κ2) is 13.1. The molecule has 10 heteroatoms. The molecular formula is C32H34N2O6S2. The zero-order valence-electron chi connectivity index (χ0n) is 23.5. The predicted octanol–water partition coefficient (Wildman–Crippen LogP) is 6.25. The van der Waals surface area contributed by atoms with Crippen molar-refractivity contribution in [2.45, 2.75) is 55.6 Å². The van der Waals surface area contributed by atoms with Gasteiger partial charge in [0.1, 0.15) is 16.7 Å². The van der Waals surface area contributed by atoms with Crippen LogP contribution in [0.1, 0.15) is 60.1 Å². The largest absolute Gasteiger partial charge is 0.494 e. The van der Waals surface area contributed by atoms with Crippen LogP contribution in [0.2, 0.25) is 0 Å². The van der Waals surface area contributed by atoms with Crippen LogP contribution in [0.4, 0.5) is 4.79 Å². The molecule has 3 aromatic carbocycles. The van der Waals surface area contributed by atoms with Crippen LogP contribution in [-0.2, 0) is 27.5 Å². The number of fused-ring (bicyclic) bond motifs is 1. The van der Waals surface area contributed by atoms with Gasteiger partial charge in [0.2, 0.25) is 9.84 Å². The highest BCUT2D eigenvalue weighted by Gasteiger charge is 2.39. The molecule has 3 aromatic rings. The van der Waals surface area contributed by atoms with Crippen LogP contribution >= 0.6 is 11.8 Å². The van der Waals surface area contributed by atoms with Gasteiger partial charge in [-0.05, 0) is 90.4 Å². The van der Waals surface area contributed by atoms with Crippen molar-refractivity contribution >= 4 is 38.3 Å². The van der Waals surface area contributed by atoms with Gasteiger partial charge in [0.15, 0.2) is 0 Å². The monoisotopic (exact) mass is 606 g/mol. The number of allylic oxidation sites excluding steroid dienone is 1. The molecule has 8 nitrogen and oxygen atoms in total. The van der Waals surface area contributed by atoms with Crippen molar-refractivity contribution in [3.05, 3.63) is 94.4 Å². The fourth-order valence-corrected chi connectivity index (χ4v) is 7.91. The van der Waals surface area contributed by atoms with E-state index in [9.17, 15) is 18.0 Å². The number of ether oxygens (including phenoxy) is 2. The number of unbranched alkanes of at least 4 members (excludes halogenated alkanes) is 1. The van der Waals surface area contributed by atoms with Crippen LogP contribution in [0.3, 0.4) is 0 Å². The quantitative estimate of drug-likeness (QED) is 0.138. The standard InChI is InChI=1S/C32H34N2O6S2/c1-2-9-27-28(17-16-26-24(21-42(37,38)30(26)27)15-14-22-10-4-3-5-11-22)40-19-7-6-18-39-25-13-8-12-23(20-25)29-31(35)34(33)32(36)41-29/h3-5,8,10-13,16-17,20-21,29H,2,6-7,9,14-15,18-19,33H2,1H3. The van der Waals surface area contributed by atoms with Crippen molar-refractivity contribution in [2.24, 2.45) is 5.84 Å². The first-order valence-electron chi connectivity index (χ1n) is 14.1. The van der Waals surface area contributed by atoms with E-state index in [1.807, 2.05) is 37.3 Å². The summed E-state index contributed by atoms with van der Waals surface area (Å²) < 4.78 is 38.5. The number of hydrogen-bond acceptors (Lipinski definition) is 8. The third-order valence-corrected chi connectivity index (χ3v) is 10.0. The maximum atomic E-state index is 13.2. The number of hydrogen-bond donors (Lipinski definition) is 1. The van der Waals surface area contributed by atoms with Gasteiger partial charge in [-0.25, -0.2) is 19.3 Å². The van der Waals surface area contributed by atoms with E-state index in [0.29, 0.717) is 65.9 Å². The summed E-state index contributed by atoms with van der Waals surface area (Å²) in [5, 5.41) is 0.940. The number of thioether (sulfide) groups is 1. The van der Waals surface area contributed by atoms with Crippen molar-refractivity contribution in [3.8, 4) is 11.5 Å². The van der Waals surface area contributed by atoms with Gasteiger partial charge in [-0.2, -0.15) is 0 Å². The van der Waals surface area contributed by atoms with Gasteiger partial charge in [0, 0.05) is 11.0 Å². The molecule has 2 amide bonds. The molecule has 1 fully saturated rings. The molecule has 1 atom stereocenters. The minimum atomic E-state index is -3.54. The number of carbonyl (C=O) groups excluding carboxylic acids is 2. The Hall–Kier alpha value is -3.60. The van der Waals surface area contributed by atoms with Gasteiger partial charge >= 0.3 is 5.24 Å².